The van der Waals surface area contributed by atoms with Crippen molar-refractivity contribution in [1.82, 2.24) is 0 Å². The Morgan fingerprint density at radius 1 is 0.795 bits per heavy atom. The van der Waals surface area contributed by atoms with Gasteiger partial charge in [0.2, 0.25) is 9.84 Å². The molecule has 2 aromatic rings. The van der Waals surface area contributed by atoms with E-state index >= 15 is 0 Å². The van der Waals surface area contributed by atoms with Crippen molar-refractivity contribution in [3.05, 3.63) is 76.6 Å². The standard InChI is InChI=1S/C16H17F2NO5S.C12H13F2NO3S/c1-9(23-10(2)20)15(14-11(17)6-5-7-12(14)18)25(21,22)13-8-16(3,4)24-19-13;1-12(2)6-11(15-18-12)19(16,17)7-8-9(13)4-3-5-10(8)14/h5-7H,8H2,1-4H3;3-5H,6-7H2,1-2H3/b15-9-;. The van der Waals surface area contributed by atoms with E-state index in [9.17, 15) is 39.2 Å². The normalized spacial score (nSPS) is 17.7. The number of hydrogen-bond donors (Lipinski definition) is 0. The Hall–Kier alpha value is -3.79. The Bertz CT molecular complexity index is 1740. The lowest BCUT2D eigenvalue weighted by Crippen LogP contribution is -2.24. The van der Waals surface area contributed by atoms with Gasteiger partial charge >= 0.3 is 5.97 Å². The molecule has 10 nitrogen and oxygen atoms in total. The number of hydrogen-bond acceptors (Lipinski definition) is 10. The van der Waals surface area contributed by atoms with Crippen molar-refractivity contribution < 1.29 is 53.6 Å². The van der Waals surface area contributed by atoms with Crippen LogP contribution in [-0.2, 0) is 44.6 Å². The lowest BCUT2D eigenvalue weighted by atomic mass is 10.1. The average molecular weight is 663 g/mol. The molecule has 0 fully saturated rings. The molecular formula is C28H30F4N2O8S2. The van der Waals surface area contributed by atoms with Crippen molar-refractivity contribution in [3.8, 4) is 0 Å². The van der Waals surface area contributed by atoms with Crippen molar-refractivity contribution in [2.45, 2.75) is 71.3 Å². The van der Waals surface area contributed by atoms with E-state index in [2.05, 4.69) is 10.3 Å². The van der Waals surface area contributed by atoms with Crippen LogP contribution in [0.15, 0.2) is 52.5 Å². The Kier molecular flexibility index (Phi) is 9.99. The summed E-state index contributed by atoms with van der Waals surface area (Å²) in [6.45, 7) is 8.79. The van der Waals surface area contributed by atoms with Crippen LogP contribution in [0, 0.1) is 23.3 Å². The number of halogens is 4. The molecule has 16 heteroatoms. The zero-order chi connectivity index (χ0) is 33.3. The number of carbonyl (C=O) groups excluding carboxylic acids is 1. The van der Waals surface area contributed by atoms with Crippen LogP contribution in [0.3, 0.4) is 0 Å². The molecule has 2 aliphatic rings. The summed E-state index contributed by atoms with van der Waals surface area (Å²) in [6.07, 6.45) is -0.00629. The number of ether oxygens (including phenoxy) is 1. The Morgan fingerprint density at radius 3 is 1.64 bits per heavy atom. The van der Waals surface area contributed by atoms with E-state index in [1.165, 1.54) is 6.07 Å². The molecule has 2 aromatic carbocycles. The number of nitrogens with zero attached hydrogens (tertiary/aromatic N) is 2. The second-order valence-corrected chi connectivity index (χ2v) is 14.9. The van der Waals surface area contributed by atoms with Crippen LogP contribution in [0.25, 0.3) is 4.91 Å². The number of allylic oxidation sites excluding steroid dienone is 1. The van der Waals surface area contributed by atoms with Crippen LogP contribution >= 0.6 is 0 Å². The van der Waals surface area contributed by atoms with Gasteiger partial charge in [0.25, 0.3) is 0 Å². The van der Waals surface area contributed by atoms with Gasteiger partial charge in [0.1, 0.15) is 45.1 Å². The first-order valence-electron chi connectivity index (χ1n) is 12.9. The number of sulfone groups is 2. The van der Waals surface area contributed by atoms with E-state index in [0.717, 1.165) is 44.2 Å². The predicted octanol–water partition coefficient (Wildman–Crippen LogP) is 5.54. The molecule has 0 aromatic heterocycles. The summed E-state index contributed by atoms with van der Waals surface area (Å²) >= 11 is 0. The predicted molar refractivity (Wildman–Crippen MR) is 153 cm³/mol. The minimum absolute atomic E-state index is 0.0887. The first-order valence-corrected chi connectivity index (χ1v) is 16.0. The molecule has 0 aliphatic carbocycles. The maximum Gasteiger partial charge on any atom is 0.307 e. The maximum atomic E-state index is 14.2. The van der Waals surface area contributed by atoms with Gasteiger partial charge in [-0.05, 0) is 58.9 Å². The highest BCUT2D eigenvalue weighted by atomic mass is 32.2. The Balaban J connectivity index is 0.000000249. The van der Waals surface area contributed by atoms with Gasteiger partial charge in [-0.2, -0.15) is 0 Å². The van der Waals surface area contributed by atoms with Crippen LogP contribution < -0.4 is 0 Å². The summed E-state index contributed by atoms with van der Waals surface area (Å²) in [7, 11) is -8.35. The number of oxime groups is 2. The first-order chi connectivity index (χ1) is 20.2. The SMILES string of the molecule is CC(=O)O/C(C)=C(/c1c(F)cccc1F)S(=O)(=O)C1=NOC(C)(C)C1.CC1(C)CC(S(=O)(=O)Cc2c(F)cccc2F)=NO1. The molecule has 4 rings (SSSR count). The van der Waals surface area contributed by atoms with Gasteiger partial charge in [0.05, 0.1) is 11.3 Å². The lowest BCUT2D eigenvalue weighted by Gasteiger charge is -2.15. The Labute approximate surface area is 252 Å². The molecule has 0 N–H and O–H groups in total. The highest BCUT2D eigenvalue weighted by Crippen LogP contribution is 2.35. The number of carbonyl (C=O) groups is 1. The molecule has 0 bridgehead atoms. The molecule has 44 heavy (non-hydrogen) atoms. The van der Waals surface area contributed by atoms with E-state index in [1.807, 2.05) is 0 Å². The third-order valence-electron chi connectivity index (χ3n) is 6.08. The third kappa shape index (κ3) is 8.02. The van der Waals surface area contributed by atoms with Gasteiger partial charge in [-0.3, -0.25) is 4.79 Å². The van der Waals surface area contributed by atoms with Gasteiger partial charge in [0.15, 0.2) is 19.9 Å². The number of rotatable bonds is 5. The highest BCUT2D eigenvalue weighted by molar-refractivity contribution is 8.14. The Morgan fingerprint density at radius 2 is 1.23 bits per heavy atom. The fraction of sp³-hybridized carbons (Fsp3) is 0.393. The van der Waals surface area contributed by atoms with Crippen LogP contribution in [0.1, 0.15) is 65.5 Å². The van der Waals surface area contributed by atoms with Crippen LogP contribution in [0.2, 0.25) is 0 Å². The number of esters is 1. The fourth-order valence-electron chi connectivity index (χ4n) is 4.05. The molecule has 2 heterocycles. The van der Waals surface area contributed by atoms with Gasteiger partial charge in [-0.25, -0.2) is 34.4 Å². The minimum Gasteiger partial charge on any atom is -0.430 e. The number of benzene rings is 2. The lowest BCUT2D eigenvalue weighted by molar-refractivity contribution is -0.136. The monoisotopic (exact) mass is 662 g/mol. The van der Waals surface area contributed by atoms with Gasteiger partial charge in [0, 0.05) is 25.3 Å². The maximum absolute atomic E-state index is 14.2. The van der Waals surface area contributed by atoms with E-state index in [4.69, 9.17) is 14.4 Å². The molecular weight excluding hydrogens is 632 g/mol. The van der Waals surface area contributed by atoms with Crippen LogP contribution in [0.5, 0.6) is 0 Å². The second-order valence-electron chi connectivity index (χ2n) is 11.1. The van der Waals surface area contributed by atoms with Crippen molar-refractivity contribution in [3.63, 3.8) is 0 Å². The second kappa shape index (κ2) is 12.7. The molecule has 0 amide bonds. The zero-order valence-corrected chi connectivity index (χ0v) is 26.2. The van der Waals surface area contributed by atoms with Crippen molar-refractivity contribution in [2.75, 3.05) is 0 Å². The minimum atomic E-state index is -4.47. The summed E-state index contributed by atoms with van der Waals surface area (Å²) in [4.78, 5) is 20.4. The molecule has 0 radical (unpaired) electrons. The van der Waals surface area contributed by atoms with Crippen molar-refractivity contribution >= 4 is 40.6 Å². The largest absolute Gasteiger partial charge is 0.430 e. The van der Waals surface area contributed by atoms with Gasteiger partial charge in [-0.15, -0.1) is 0 Å². The van der Waals surface area contributed by atoms with Gasteiger partial charge in [-0.1, -0.05) is 22.4 Å². The molecule has 0 spiro atoms. The third-order valence-corrected chi connectivity index (χ3v) is 9.56. The summed E-state index contributed by atoms with van der Waals surface area (Å²) in [5, 5.41) is 6.45. The summed E-state index contributed by atoms with van der Waals surface area (Å²) in [6, 6.07) is 6.13. The van der Waals surface area contributed by atoms with Crippen molar-refractivity contribution in [1.29, 1.82) is 0 Å². The average Bonchev–Trinajstić information content (AvgIpc) is 3.45. The summed E-state index contributed by atoms with van der Waals surface area (Å²) in [5.74, 6) is -6.03. The topological polar surface area (TPSA) is 138 Å². The highest BCUT2D eigenvalue weighted by Gasteiger charge is 2.41. The molecule has 0 saturated heterocycles. The molecule has 0 atom stereocenters. The van der Waals surface area contributed by atoms with E-state index in [1.54, 1.807) is 27.7 Å². The molecule has 2 aliphatic heterocycles. The molecule has 240 valence electrons. The quantitative estimate of drug-likeness (QED) is 0.231. The smallest absolute Gasteiger partial charge is 0.307 e. The zero-order valence-electron chi connectivity index (χ0n) is 24.6. The summed E-state index contributed by atoms with van der Waals surface area (Å²) < 4.78 is 110. The van der Waals surface area contributed by atoms with Crippen LogP contribution in [-0.4, -0.2) is 44.1 Å². The van der Waals surface area contributed by atoms with E-state index < -0.39 is 92.7 Å². The van der Waals surface area contributed by atoms with E-state index in [0.29, 0.717) is 0 Å². The van der Waals surface area contributed by atoms with Crippen molar-refractivity contribution in [2.24, 2.45) is 10.3 Å². The van der Waals surface area contributed by atoms with E-state index in [-0.39, 0.29) is 17.9 Å². The molecule has 0 unspecified atom stereocenters. The molecule has 0 saturated carbocycles. The van der Waals surface area contributed by atoms with Crippen LogP contribution in [0.4, 0.5) is 17.6 Å². The fourth-order valence-corrected chi connectivity index (χ4v) is 7.39. The summed E-state index contributed by atoms with van der Waals surface area (Å²) in [5.41, 5.74) is -2.88. The first kappa shape index (κ1) is 34.7. The van der Waals surface area contributed by atoms with Gasteiger partial charge < -0.3 is 14.4 Å².